The predicted molar refractivity (Wildman–Crippen MR) is 126 cm³/mol. The molecule has 4 aromatic rings. The average Bonchev–Trinajstić information content (AvgIpc) is 3.26. The molecule has 6 nitrogen and oxygen atoms in total. The van der Waals surface area contributed by atoms with Crippen molar-refractivity contribution >= 4 is 17.5 Å². The molecule has 0 fully saturated rings. The molecule has 0 radical (unpaired) electrons. The van der Waals surface area contributed by atoms with Gasteiger partial charge in [0.1, 0.15) is 5.69 Å². The van der Waals surface area contributed by atoms with E-state index in [4.69, 9.17) is 5.10 Å². The van der Waals surface area contributed by atoms with Crippen LogP contribution in [-0.2, 0) is 0 Å². The van der Waals surface area contributed by atoms with Gasteiger partial charge in [-0.15, -0.1) is 0 Å². The zero-order chi connectivity index (χ0) is 22.7. The number of carbonyl (C=O) groups excluding carboxylic acids is 2. The van der Waals surface area contributed by atoms with Crippen LogP contribution < -0.4 is 5.32 Å². The standard InChI is InChI=1S/C26H24N4O2/c1-18-9-15-22(16-10-18)30-17-23(24(28-30)19-7-5-4-6-8-19)25(31)27-21-13-11-20(12-14-21)26(32)29(2)3/h4-17H,1-3H3,(H,27,31). The Bertz CT molecular complexity index is 1240. The number of hydrogen-bond donors (Lipinski definition) is 1. The normalized spacial score (nSPS) is 10.6. The van der Waals surface area contributed by atoms with Crippen LogP contribution in [0.15, 0.2) is 85.1 Å². The third-order valence-electron chi connectivity index (χ3n) is 5.10. The van der Waals surface area contributed by atoms with Gasteiger partial charge in [-0.2, -0.15) is 5.10 Å². The second-order valence-electron chi connectivity index (χ2n) is 7.77. The first kappa shape index (κ1) is 21.1. The Morgan fingerprint density at radius 3 is 2.16 bits per heavy atom. The van der Waals surface area contributed by atoms with Crippen molar-refractivity contribution in [3.8, 4) is 16.9 Å². The number of carbonyl (C=O) groups is 2. The smallest absolute Gasteiger partial charge is 0.259 e. The quantitative estimate of drug-likeness (QED) is 0.500. The fourth-order valence-corrected chi connectivity index (χ4v) is 3.33. The molecule has 0 unspecified atom stereocenters. The summed E-state index contributed by atoms with van der Waals surface area (Å²) in [4.78, 5) is 26.8. The maximum absolute atomic E-state index is 13.2. The van der Waals surface area contributed by atoms with E-state index in [1.54, 1.807) is 49.2 Å². The summed E-state index contributed by atoms with van der Waals surface area (Å²) in [7, 11) is 3.41. The molecule has 1 aromatic heterocycles. The van der Waals surface area contributed by atoms with Crippen LogP contribution in [-0.4, -0.2) is 40.6 Å². The lowest BCUT2D eigenvalue weighted by Gasteiger charge is -2.11. The van der Waals surface area contributed by atoms with Gasteiger partial charge in [0.2, 0.25) is 0 Å². The maximum atomic E-state index is 13.2. The first-order valence-corrected chi connectivity index (χ1v) is 10.3. The molecule has 0 aliphatic carbocycles. The average molecular weight is 425 g/mol. The van der Waals surface area contributed by atoms with Crippen LogP contribution in [0.1, 0.15) is 26.3 Å². The molecule has 0 saturated heterocycles. The lowest BCUT2D eigenvalue weighted by molar-refractivity contribution is 0.0827. The number of nitrogens with zero attached hydrogens (tertiary/aromatic N) is 3. The van der Waals surface area contributed by atoms with Gasteiger partial charge in [0.15, 0.2) is 0 Å². The predicted octanol–water partition coefficient (Wildman–Crippen LogP) is 4.80. The summed E-state index contributed by atoms with van der Waals surface area (Å²) in [6.07, 6.45) is 1.74. The highest BCUT2D eigenvalue weighted by Gasteiger charge is 2.19. The van der Waals surface area contributed by atoms with Crippen molar-refractivity contribution in [3.05, 3.63) is 102 Å². The number of rotatable bonds is 5. The number of hydrogen-bond acceptors (Lipinski definition) is 3. The van der Waals surface area contributed by atoms with E-state index >= 15 is 0 Å². The second kappa shape index (κ2) is 8.89. The summed E-state index contributed by atoms with van der Waals surface area (Å²) < 4.78 is 1.72. The summed E-state index contributed by atoms with van der Waals surface area (Å²) in [5.74, 6) is -0.359. The maximum Gasteiger partial charge on any atom is 0.259 e. The third-order valence-corrected chi connectivity index (χ3v) is 5.10. The van der Waals surface area contributed by atoms with Crippen molar-refractivity contribution in [2.45, 2.75) is 6.92 Å². The van der Waals surface area contributed by atoms with Crippen LogP contribution in [0.25, 0.3) is 16.9 Å². The van der Waals surface area contributed by atoms with Gasteiger partial charge in [-0.1, -0.05) is 48.0 Å². The zero-order valence-electron chi connectivity index (χ0n) is 18.2. The highest BCUT2D eigenvalue weighted by atomic mass is 16.2. The lowest BCUT2D eigenvalue weighted by atomic mass is 10.1. The number of benzene rings is 3. The number of aromatic nitrogens is 2. The van der Waals surface area contributed by atoms with Crippen molar-refractivity contribution < 1.29 is 9.59 Å². The molecule has 0 bridgehead atoms. The molecule has 0 aliphatic rings. The van der Waals surface area contributed by atoms with Gasteiger partial charge in [-0.05, 0) is 43.3 Å². The molecule has 4 rings (SSSR count). The Morgan fingerprint density at radius 1 is 0.875 bits per heavy atom. The summed E-state index contributed by atoms with van der Waals surface area (Å²) in [6, 6.07) is 24.4. The second-order valence-corrected chi connectivity index (χ2v) is 7.77. The summed E-state index contributed by atoms with van der Waals surface area (Å²) in [5.41, 5.74) is 5.11. The van der Waals surface area contributed by atoms with Crippen LogP contribution in [0.2, 0.25) is 0 Å². The summed E-state index contributed by atoms with van der Waals surface area (Å²) in [6.45, 7) is 2.03. The van der Waals surface area contributed by atoms with Crippen LogP contribution in [0.4, 0.5) is 5.69 Å². The van der Waals surface area contributed by atoms with Gasteiger partial charge in [-0.3, -0.25) is 9.59 Å². The van der Waals surface area contributed by atoms with Gasteiger partial charge in [0.05, 0.1) is 11.3 Å². The number of aryl methyl sites for hydroxylation is 1. The van der Waals surface area contributed by atoms with Gasteiger partial charge in [0, 0.05) is 37.1 Å². The lowest BCUT2D eigenvalue weighted by Crippen LogP contribution is -2.21. The fraction of sp³-hybridized carbons (Fsp3) is 0.115. The Balaban J connectivity index is 1.66. The first-order chi connectivity index (χ1) is 15.4. The van der Waals surface area contributed by atoms with E-state index < -0.39 is 0 Å². The van der Waals surface area contributed by atoms with E-state index in [0.717, 1.165) is 16.8 Å². The number of nitrogens with one attached hydrogen (secondary N) is 1. The largest absolute Gasteiger partial charge is 0.345 e. The van der Waals surface area contributed by atoms with Crippen LogP contribution in [0, 0.1) is 6.92 Å². The van der Waals surface area contributed by atoms with Crippen LogP contribution >= 0.6 is 0 Å². The van der Waals surface area contributed by atoms with Crippen molar-refractivity contribution in [2.75, 3.05) is 19.4 Å². The van der Waals surface area contributed by atoms with E-state index in [2.05, 4.69) is 5.32 Å². The van der Waals surface area contributed by atoms with Gasteiger partial charge in [-0.25, -0.2) is 4.68 Å². The van der Waals surface area contributed by atoms with E-state index in [1.807, 2.05) is 61.5 Å². The Kier molecular flexibility index (Phi) is 5.85. The Hall–Kier alpha value is -4.19. The van der Waals surface area contributed by atoms with E-state index in [0.29, 0.717) is 22.5 Å². The van der Waals surface area contributed by atoms with E-state index in [1.165, 1.54) is 4.90 Å². The van der Waals surface area contributed by atoms with Gasteiger partial charge in [0.25, 0.3) is 11.8 Å². The minimum atomic E-state index is -0.270. The summed E-state index contributed by atoms with van der Waals surface area (Å²) >= 11 is 0. The molecule has 1 N–H and O–H groups in total. The SMILES string of the molecule is Cc1ccc(-n2cc(C(=O)Nc3ccc(C(=O)N(C)C)cc3)c(-c3ccccc3)n2)cc1. The number of amides is 2. The molecular weight excluding hydrogens is 400 g/mol. The van der Waals surface area contributed by atoms with Gasteiger partial charge >= 0.3 is 0 Å². The van der Waals surface area contributed by atoms with Crippen molar-refractivity contribution in [2.24, 2.45) is 0 Å². The molecular formula is C26H24N4O2. The molecule has 160 valence electrons. The van der Waals surface area contributed by atoms with E-state index in [9.17, 15) is 9.59 Å². The first-order valence-electron chi connectivity index (χ1n) is 10.3. The molecule has 1 heterocycles. The fourth-order valence-electron chi connectivity index (χ4n) is 3.33. The van der Waals surface area contributed by atoms with Crippen molar-refractivity contribution in [3.63, 3.8) is 0 Å². The molecule has 6 heteroatoms. The molecule has 0 saturated carbocycles. The minimum Gasteiger partial charge on any atom is -0.345 e. The topological polar surface area (TPSA) is 67.2 Å². The minimum absolute atomic E-state index is 0.0892. The highest BCUT2D eigenvalue weighted by Crippen LogP contribution is 2.25. The Morgan fingerprint density at radius 2 is 1.53 bits per heavy atom. The zero-order valence-corrected chi connectivity index (χ0v) is 18.2. The Labute approximate surface area is 187 Å². The van der Waals surface area contributed by atoms with Gasteiger partial charge < -0.3 is 10.2 Å². The van der Waals surface area contributed by atoms with E-state index in [-0.39, 0.29) is 11.8 Å². The van der Waals surface area contributed by atoms with Crippen LogP contribution in [0.5, 0.6) is 0 Å². The molecule has 0 atom stereocenters. The molecule has 0 spiro atoms. The highest BCUT2D eigenvalue weighted by molar-refractivity contribution is 6.08. The molecule has 2 amide bonds. The molecule has 32 heavy (non-hydrogen) atoms. The molecule has 0 aliphatic heterocycles. The van der Waals surface area contributed by atoms with Crippen molar-refractivity contribution in [1.29, 1.82) is 0 Å². The van der Waals surface area contributed by atoms with Crippen molar-refractivity contribution in [1.82, 2.24) is 14.7 Å². The summed E-state index contributed by atoms with van der Waals surface area (Å²) in [5, 5.41) is 7.63. The monoisotopic (exact) mass is 424 g/mol. The third kappa shape index (κ3) is 4.44. The van der Waals surface area contributed by atoms with Crippen LogP contribution in [0.3, 0.4) is 0 Å². The molecule has 3 aromatic carbocycles. The number of anilines is 1.